The Balaban J connectivity index is 2.26. The summed E-state index contributed by atoms with van der Waals surface area (Å²) in [4.78, 5) is 14.1. The van der Waals surface area contributed by atoms with Crippen LogP contribution in [0.3, 0.4) is 0 Å². The zero-order chi connectivity index (χ0) is 13.9. The SMILES string of the molecule is CS(=O)(=O)Nc1ccccc1C(=O)N1CCNCC1. The van der Waals surface area contributed by atoms with Crippen LogP contribution in [0.5, 0.6) is 0 Å². The van der Waals surface area contributed by atoms with Gasteiger partial charge in [-0.15, -0.1) is 0 Å². The third-order valence-corrected chi connectivity index (χ3v) is 3.45. The fourth-order valence-corrected chi connectivity index (χ4v) is 2.57. The van der Waals surface area contributed by atoms with Crippen LogP contribution in [0.1, 0.15) is 10.4 Å². The second-order valence-electron chi connectivity index (χ2n) is 4.46. The standard InChI is InChI=1S/C12H17N3O3S/c1-19(17,18)14-11-5-3-2-4-10(11)12(16)15-8-6-13-7-9-15/h2-5,13-14H,6-9H2,1H3. The van der Waals surface area contributed by atoms with Gasteiger partial charge in [0, 0.05) is 26.2 Å². The van der Waals surface area contributed by atoms with Gasteiger partial charge in [0.1, 0.15) is 0 Å². The van der Waals surface area contributed by atoms with E-state index < -0.39 is 10.0 Å². The highest BCUT2D eigenvalue weighted by molar-refractivity contribution is 7.92. The van der Waals surface area contributed by atoms with Crippen LogP contribution in [-0.2, 0) is 10.0 Å². The first-order valence-corrected chi connectivity index (χ1v) is 7.93. The minimum absolute atomic E-state index is 0.145. The lowest BCUT2D eigenvalue weighted by Crippen LogP contribution is -2.46. The number of carbonyl (C=O) groups excluding carboxylic acids is 1. The van der Waals surface area contributed by atoms with Crippen LogP contribution < -0.4 is 10.0 Å². The van der Waals surface area contributed by atoms with Crippen molar-refractivity contribution in [2.75, 3.05) is 37.2 Å². The fraction of sp³-hybridized carbons (Fsp3) is 0.417. The maximum atomic E-state index is 12.4. The summed E-state index contributed by atoms with van der Waals surface area (Å²) in [6.07, 6.45) is 1.07. The summed E-state index contributed by atoms with van der Waals surface area (Å²) in [6.45, 7) is 2.78. The molecule has 0 atom stereocenters. The van der Waals surface area contributed by atoms with Gasteiger partial charge in [-0.25, -0.2) is 8.42 Å². The Hall–Kier alpha value is -1.60. The molecule has 0 radical (unpaired) electrons. The zero-order valence-corrected chi connectivity index (χ0v) is 11.5. The molecule has 1 fully saturated rings. The molecule has 0 aliphatic carbocycles. The summed E-state index contributed by atoms with van der Waals surface area (Å²) in [5, 5.41) is 3.17. The minimum atomic E-state index is -3.40. The minimum Gasteiger partial charge on any atom is -0.336 e. The molecule has 1 heterocycles. The van der Waals surface area contributed by atoms with Gasteiger partial charge in [-0.2, -0.15) is 0 Å². The smallest absolute Gasteiger partial charge is 0.256 e. The topological polar surface area (TPSA) is 78.5 Å². The first kappa shape index (κ1) is 13.8. The van der Waals surface area contributed by atoms with E-state index in [2.05, 4.69) is 10.0 Å². The summed E-state index contributed by atoms with van der Waals surface area (Å²) >= 11 is 0. The van der Waals surface area contributed by atoms with Gasteiger partial charge in [-0.3, -0.25) is 9.52 Å². The van der Waals surface area contributed by atoms with Crippen molar-refractivity contribution in [2.45, 2.75) is 0 Å². The summed E-state index contributed by atoms with van der Waals surface area (Å²) in [5.74, 6) is -0.145. The van der Waals surface area contributed by atoms with Gasteiger partial charge in [-0.05, 0) is 12.1 Å². The first-order valence-electron chi connectivity index (χ1n) is 6.04. The van der Waals surface area contributed by atoms with Crippen LogP contribution in [0.25, 0.3) is 0 Å². The van der Waals surface area contributed by atoms with E-state index in [4.69, 9.17) is 0 Å². The molecular formula is C12H17N3O3S. The van der Waals surface area contributed by atoms with Gasteiger partial charge in [0.25, 0.3) is 5.91 Å². The van der Waals surface area contributed by atoms with Gasteiger partial charge < -0.3 is 10.2 Å². The Bertz CT molecular complexity index is 565. The van der Waals surface area contributed by atoms with Crippen LogP contribution in [0.4, 0.5) is 5.69 Å². The normalized spacial score (nSPS) is 16.2. The Morgan fingerprint density at radius 1 is 1.26 bits per heavy atom. The summed E-state index contributed by atoms with van der Waals surface area (Å²) in [7, 11) is -3.40. The maximum absolute atomic E-state index is 12.4. The number of para-hydroxylation sites is 1. The largest absolute Gasteiger partial charge is 0.336 e. The predicted molar refractivity (Wildman–Crippen MR) is 73.7 cm³/mol. The van der Waals surface area contributed by atoms with Crippen molar-refractivity contribution >= 4 is 21.6 Å². The van der Waals surface area contributed by atoms with Crippen LogP contribution in [0, 0.1) is 0 Å². The lowest BCUT2D eigenvalue weighted by molar-refractivity contribution is 0.0737. The van der Waals surface area contributed by atoms with Gasteiger partial charge >= 0.3 is 0 Å². The molecule has 1 aliphatic rings. The van der Waals surface area contributed by atoms with Crippen molar-refractivity contribution in [3.63, 3.8) is 0 Å². The van der Waals surface area contributed by atoms with Crippen molar-refractivity contribution < 1.29 is 13.2 Å². The van der Waals surface area contributed by atoms with E-state index in [0.29, 0.717) is 24.3 Å². The number of anilines is 1. The molecule has 1 aromatic carbocycles. The van der Waals surface area contributed by atoms with Crippen LogP contribution in [0.15, 0.2) is 24.3 Å². The van der Waals surface area contributed by atoms with Crippen LogP contribution in [-0.4, -0.2) is 51.7 Å². The molecule has 0 aromatic heterocycles. The summed E-state index contributed by atoms with van der Waals surface area (Å²) in [6, 6.07) is 6.65. The molecule has 1 aliphatic heterocycles. The Kier molecular flexibility index (Phi) is 4.06. The molecule has 1 saturated heterocycles. The molecule has 1 aromatic rings. The highest BCUT2D eigenvalue weighted by atomic mass is 32.2. The summed E-state index contributed by atoms with van der Waals surface area (Å²) < 4.78 is 25.0. The molecule has 2 N–H and O–H groups in total. The van der Waals surface area contributed by atoms with Crippen LogP contribution in [0.2, 0.25) is 0 Å². The number of nitrogens with one attached hydrogen (secondary N) is 2. The van der Waals surface area contributed by atoms with E-state index in [-0.39, 0.29) is 5.91 Å². The Morgan fingerprint density at radius 2 is 1.89 bits per heavy atom. The molecule has 0 spiro atoms. The first-order chi connectivity index (χ1) is 8.97. The van der Waals surface area contributed by atoms with E-state index in [1.165, 1.54) is 0 Å². The molecule has 6 nitrogen and oxygen atoms in total. The lowest BCUT2D eigenvalue weighted by Gasteiger charge is -2.28. The molecule has 7 heteroatoms. The van der Waals surface area contributed by atoms with Gasteiger partial charge in [-0.1, -0.05) is 12.1 Å². The average Bonchev–Trinajstić information content (AvgIpc) is 2.38. The van der Waals surface area contributed by atoms with Crippen molar-refractivity contribution in [1.29, 1.82) is 0 Å². The quantitative estimate of drug-likeness (QED) is 0.825. The highest BCUT2D eigenvalue weighted by Crippen LogP contribution is 2.18. The van der Waals surface area contributed by atoms with Crippen molar-refractivity contribution in [3.05, 3.63) is 29.8 Å². The van der Waals surface area contributed by atoms with E-state index in [9.17, 15) is 13.2 Å². The molecule has 2 rings (SSSR count). The highest BCUT2D eigenvalue weighted by Gasteiger charge is 2.21. The van der Waals surface area contributed by atoms with E-state index in [0.717, 1.165) is 19.3 Å². The second-order valence-corrected chi connectivity index (χ2v) is 6.21. The molecule has 104 valence electrons. The maximum Gasteiger partial charge on any atom is 0.256 e. The number of sulfonamides is 1. The van der Waals surface area contributed by atoms with Crippen LogP contribution >= 0.6 is 0 Å². The number of amides is 1. The lowest BCUT2D eigenvalue weighted by atomic mass is 10.1. The number of hydrogen-bond donors (Lipinski definition) is 2. The third kappa shape index (κ3) is 3.68. The van der Waals surface area contributed by atoms with Gasteiger partial charge in [0.2, 0.25) is 10.0 Å². The summed E-state index contributed by atoms with van der Waals surface area (Å²) in [5.41, 5.74) is 0.711. The van der Waals surface area contributed by atoms with Crippen molar-refractivity contribution in [3.8, 4) is 0 Å². The number of nitrogens with zero attached hydrogens (tertiary/aromatic N) is 1. The van der Waals surface area contributed by atoms with Gasteiger partial charge in [0.15, 0.2) is 0 Å². The van der Waals surface area contributed by atoms with E-state index >= 15 is 0 Å². The Morgan fingerprint density at radius 3 is 2.53 bits per heavy atom. The second kappa shape index (κ2) is 5.58. The number of carbonyl (C=O) groups is 1. The molecule has 1 amide bonds. The number of piperazine rings is 1. The zero-order valence-electron chi connectivity index (χ0n) is 10.7. The van der Waals surface area contributed by atoms with E-state index in [1.807, 2.05) is 0 Å². The van der Waals surface area contributed by atoms with Crippen molar-refractivity contribution in [1.82, 2.24) is 10.2 Å². The van der Waals surface area contributed by atoms with E-state index in [1.54, 1.807) is 29.2 Å². The predicted octanol–water partition coefficient (Wildman–Crippen LogP) is 0.103. The number of hydrogen-bond acceptors (Lipinski definition) is 4. The number of rotatable bonds is 3. The monoisotopic (exact) mass is 283 g/mol. The molecular weight excluding hydrogens is 266 g/mol. The average molecular weight is 283 g/mol. The van der Waals surface area contributed by atoms with Crippen molar-refractivity contribution in [2.24, 2.45) is 0 Å². The fourth-order valence-electron chi connectivity index (χ4n) is 2.00. The molecule has 0 bridgehead atoms. The number of benzene rings is 1. The molecule has 0 unspecified atom stereocenters. The van der Waals surface area contributed by atoms with Gasteiger partial charge in [0.05, 0.1) is 17.5 Å². The molecule has 19 heavy (non-hydrogen) atoms. The molecule has 0 saturated carbocycles. The Labute approximate surface area is 112 Å². The third-order valence-electron chi connectivity index (χ3n) is 2.86.